The zero-order valence-corrected chi connectivity index (χ0v) is 14.8. The Bertz CT molecular complexity index is 234. The van der Waals surface area contributed by atoms with Gasteiger partial charge in [0.25, 0.3) is 0 Å². The van der Waals surface area contributed by atoms with Crippen molar-refractivity contribution in [3.63, 3.8) is 0 Å². The van der Waals surface area contributed by atoms with Gasteiger partial charge in [-0.25, -0.2) is 0 Å². The quantitative estimate of drug-likeness (QED) is 0.489. The summed E-state index contributed by atoms with van der Waals surface area (Å²) in [5.41, 5.74) is 0.997. The molecule has 0 bridgehead atoms. The van der Waals surface area contributed by atoms with Crippen molar-refractivity contribution in [3.8, 4) is 0 Å². The summed E-state index contributed by atoms with van der Waals surface area (Å²) >= 11 is 0. The molecular weight excluding hydrogens is 252 g/mol. The molecule has 19 heavy (non-hydrogen) atoms. The predicted molar refractivity (Wildman–Crippen MR) is 84.7 cm³/mol. The average Bonchev–Trinajstić information content (AvgIpc) is 2.56. The first kappa shape index (κ1) is 17.2. The second-order valence-electron chi connectivity index (χ2n) is 7.10. The summed E-state index contributed by atoms with van der Waals surface area (Å²) < 4.78 is 12.7. The molecule has 114 valence electrons. The Hall–Kier alpha value is 0.137. The van der Waals surface area contributed by atoms with Crippen molar-refractivity contribution in [3.05, 3.63) is 0 Å². The van der Waals surface area contributed by atoms with Crippen molar-refractivity contribution in [2.75, 3.05) is 13.2 Å². The van der Waals surface area contributed by atoms with Crippen LogP contribution in [0.2, 0.25) is 11.6 Å². The summed E-state index contributed by atoms with van der Waals surface area (Å²) in [6.07, 6.45) is 8.17. The van der Waals surface area contributed by atoms with Gasteiger partial charge in [0.2, 0.25) is 0 Å². The molecule has 0 spiro atoms. The van der Waals surface area contributed by atoms with Crippen LogP contribution in [0.3, 0.4) is 0 Å². The summed E-state index contributed by atoms with van der Waals surface area (Å²) in [7, 11) is -2.06. The van der Waals surface area contributed by atoms with Gasteiger partial charge in [0.05, 0.1) is 0 Å². The maximum atomic E-state index is 6.36. The van der Waals surface area contributed by atoms with E-state index < -0.39 is 8.56 Å². The zero-order valence-electron chi connectivity index (χ0n) is 13.8. The molecule has 3 heteroatoms. The van der Waals surface area contributed by atoms with Crippen molar-refractivity contribution >= 4 is 8.56 Å². The van der Waals surface area contributed by atoms with Crippen LogP contribution in [0, 0.1) is 5.41 Å². The van der Waals surface area contributed by atoms with Gasteiger partial charge in [-0.05, 0) is 38.1 Å². The minimum Gasteiger partial charge on any atom is -0.394 e. The summed E-state index contributed by atoms with van der Waals surface area (Å²) in [6, 6.07) is 1.13. The van der Waals surface area contributed by atoms with Crippen molar-refractivity contribution in [1.29, 1.82) is 0 Å². The summed E-state index contributed by atoms with van der Waals surface area (Å²) in [6.45, 7) is 12.8. The summed E-state index contributed by atoms with van der Waals surface area (Å²) in [5, 5.41) is 0. The van der Waals surface area contributed by atoms with E-state index in [-0.39, 0.29) is 0 Å². The average molecular weight is 287 g/mol. The smallest absolute Gasteiger partial charge is 0.341 e. The Labute approximate surface area is 121 Å². The molecule has 0 atom stereocenters. The first-order valence-electron chi connectivity index (χ1n) is 8.21. The molecule has 0 radical (unpaired) electrons. The van der Waals surface area contributed by atoms with E-state index in [1.807, 2.05) is 0 Å². The number of rotatable bonds is 6. The van der Waals surface area contributed by atoms with E-state index in [0.29, 0.717) is 11.0 Å². The molecule has 0 amide bonds. The molecule has 1 fully saturated rings. The molecule has 2 nitrogen and oxygen atoms in total. The first-order chi connectivity index (χ1) is 8.93. The third kappa shape index (κ3) is 5.56. The molecule has 0 aromatic carbocycles. The van der Waals surface area contributed by atoms with E-state index in [1.54, 1.807) is 0 Å². The largest absolute Gasteiger partial charge is 0.394 e. The van der Waals surface area contributed by atoms with Crippen molar-refractivity contribution in [2.45, 2.75) is 84.7 Å². The third-order valence-electron chi connectivity index (χ3n) is 4.03. The van der Waals surface area contributed by atoms with Gasteiger partial charge < -0.3 is 8.85 Å². The normalized spacial score (nSPS) is 19.4. The minimum atomic E-state index is -2.06. The Morgan fingerprint density at radius 3 is 1.74 bits per heavy atom. The van der Waals surface area contributed by atoms with Crippen LogP contribution < -0.4 is 0 Å². The molecule has 0 aromatic heterocycles. The van der Waals surface area contributed by atoms with Crippen LogP contribution in [0.4, 0.5) is 0 Å². The van der Waals surface area contributed by atoms with Gasteiger partial charge in [0, 0.05) is 18.8 Å². The van der Waals surface area contributed by atoms with Gasteiger partial charge in [0.15, 0.2) is 0 Å². The summed E-state index contributed by atoms with van der Waals surface area (Å²) in [5.74, 6) is 0. The van der Waals surface area contributed by atoms with E-state index in [0.717, 1.165) is 19.3 Å². The van der Waals surface area contributed by atoms with E-state index in [4.69, 9.17) is 8.85 Å². The van der Waals surface area contributed by atoms with Crippen LogP contribution in [0.15, 0.2) is 0 Å². The van der Waals surface area contributed by atoms with Crippen LogP contribution in [-0.2, 0) is 8.85 Å². The fourth-order valence-corrected chi connectivity index (χ4v) is 8.26. The SMILES string of the molecule is CCO[Si](CC(C)(C)C)(OCC)C1CCCCCC1. The molecule has 0 aromatic rings. The highest BCUT2D eigenvalue weighted by atomic mass is 28.4. The van der Waals surface area contributed by atoms with Gasteiger partial charge in [-0.2, -0.15) is 0 Å². The lowest BCUT2D eigenvalue weighted by Crippen LogP contribution is -2.49. The summed E-state index contributed by atoms with van der Waals surface area (Å²) in [4.78, 5) is 0. The highest BCUT2D eigenvalue weighted by Crippen LogP contribution is 2.43. The molecule has 0 aliphatic heterocycles. The molecule has 1 aliphatic rings. The third-order valence-corrected chi connectivity index (χ3v) is 8.96. The van der Waals surface area contributed by atoms with E-state index in [9.17, 15) is 0 Å². The number of hydrogen-bond donors (Lipinski definition) is 0. The Morgan fingerprint density at radius 2 is 1.37 bits per heavy atom. The molecule has 0 N–H and O–H groups in total. The Balaban J connectivity index is 2.91. The molecule has 1 saturated carbocycles. The maximum absolute atomic E-state index is 6.36. The molecular formula is C16H34O2Si. The van der Waals surface area contributed by atoms with Crippen molar-refractivity contribution < 1.29 is 8.85 Å². The van der Waals surface area contributed by atoms with Crippen LogP contribution in [0.1, 0.15) is 73.1 Å². The minimum absolute atomic E-state index is 0.295. The number of hydrogen-bond acceptors (Lipinski definition) is 2. The lowest BCUT2D eigenvalue weighted by Gasteiger charge is -2.40. The first-order valence-corrected chi connectivity index (χ1v) is 10.3. The Kier molecular flexibility index (Phi) is 7.05. The van der Waals surface area contributed by atoms with Crippen molar-refractivity contribution in [1.82, 2.24) is 0 Å². The molecule has 1 aliphatic carbocycles. The fraction of sp³-hybridized carbons (Fsp3) is 1.00. The topological polar surface area (TPSA) is 18.5 Å². The second kappa shape index (κ2) is 7.80. The van der Waals surface area contributed by atoms with Gasteiger partial charge >= 0.3 is 8.56 Å². The lowest BCUT2D eigenvalue weighted by atomic mass is 10.0. The molecule has 0 unspecified atom stereocenters. The van der Waals surface area contributed by atoms with Crippen LogP contribution in [0.25, 0.3) is 0 Å². The molecule has 0 heterocycles. The highest BCUT2D eigenvalue weighted by Gasteiger charge is 2.47. The zero-order chi connectivity index (χ0) is 14.4. The van der Waals surface area contributed by atoms with Crippen LogP contribution >= 0.6 is 0 Å². The monoisotopic (exact) mass is 286 g/mol. The second-order valence-corrected chi connectivity index (χ2v) is 10.5. The molecule has 1 rings (SSSR count). The highest BCUT2D eigenvalue weighted by molar-refractivity contribution is 6.69. The molecule has 0 saturated heterocycles. The lowest BCUT2D eigenvalue weighted by molar-refractivity contribution is 0.157. The predicted octanol–water partition coefficient (Wildman–Crippen LogP) is 5.27. The van der Waals surface area contributed by atoms with Gasteiger partial charge in [-0.1, -0.05) is 46.5 Å². The van der Waals surface area contributed by atoms with Crippen LogP contribution in [-0.4, -0.2) is 21.8 Å². The van der Waals surface area contributed by atoms with E-state index in [1.165, 1.54) is 38.5 Å². The Morgan fingerprint density at radius 1 is 0.895 bits per heavy atom. The van der Waals surface area contributed by atoms with Crippen molar-refractivity contribution in [2.24, 2.45) is 5.41 Å². The van der Waals surface area contributed by atoms with Gasteiger partial charge in [-0.3, -0.25) is 0 Å². The van der Waals surface area contributed by atoms with Crippen LogP contribution in [0.5, 0.6) is 0 Å². The standard InChI is InChI=1S/C16H34O2Si/c1-6-17-19(18-7-2,14-16(3,4)5)15-12-10-8-9-11-13-15/h15H,6-14H2,1-5H3. The van der Waals surface area contributed by atoms with E-state index in [2.05, 4.69) is 34.6 Å². The fourth-order valence-electron chi connectivity index (χ4n) is 3.47. The van der Waals surface area contributed by atoms with Gasteiger partial charge in [-0.15, -0.1) is 0 Å². The van der Waals surface area contributed by atoms with Gasteiger partial charge in [0.1, 0.15) is 0 Å². The van der Waals surface area contributed by atoms with E-state index >= 15 is 0 Å². The maximum Gasteiger partial charge on any atom is 0.341 e.